The Balaban J connectivity index is 1.76. The first-order valence-electron chi connectivity index (χ1n) is 9.07. The standard InChI is InChI=1S/C20H22FN5O2/c1-26(2)19(28)15-14(22)4-3-12(16(15)21)10-5-13-18(24-8-10)25-9-20(13)6-11(7-20)17(23)27/h3-5,8,11H,6-7,9,22H2,1-2H3,(H2,23,27)(H,24,25). The van der Waals surface area contributed by atoms with Gasteiger partial charge in [-0.15, -0.1) is 0 Å². The van der Waals surface area contributed by atoms with Gasteiger partial charge in [0, 0.05) is 60.5 Å². The fourth-order valence-electron chi connectivity index (χ4n) is 4.21. The van der Waals surface area contributed by atoms with Gasteiger partial charge >= 0.3 is 0 Å². The number of halogens is 1. The lowest BCUT2D eigenvalue weighted by Gasteiger charge is -2.43. The molecule has 1 aliphatic heterocycles. The highest BCUT2D eigenvalue weighted by Gasteiger charge is 2.51. The van der Waals surface area contributed by atoms with Crippen LogP contribution in [0.25, 0.3) is 11.1 Å². The molecule has 2 aliphatic rings. The van der Waals surface area contributed by atoms with Gasteiger partial charge in [-0.3, -0.25) is 9.59 Å². The molecule has 0 bridgehead atoms. The number of nitrogens with two attached hydrogens (primary N) is 2. The maximum Gasteiger partial charge on any atom is 0.258 e. The van der Waals surface area contributed by atoms with Crippen molar-refractivity contribution in [1.82, 2.24) is 9.88 Å². The molecule has 7 nitrogen and oxygen atoms in total. The third-order valence-electron chi connectivity index (χ3n) is 5.84. The molecule has 1 spiro atoms. The Morgan fingerprint density at radius 1 is 1.32 bits per heavy atom. The molecular formula is C20H22FN5O2. The second kappa shape index (κ2) is 6.19. The Hall–Kier alpha value is -3.16. The van der Waals surface area contributed by atoms with Gasteiger partial charge in [0.2, 0.25) is 5.91 Å². The number of nitrogens with one attached hydrogen (secondary N) is 1. The summed E-state index contributed by atoms with van der Waals surface area (Å²) in [5.41, 5.74) is 12.8. The van der Waals surface area contributed by atoms with E-state index >= 15 is 4.39 Å². The first-order chi connectivity index (χ1) is 13.2. The summed E-state index contributed by atoms with van der Waals surface area (Å²) >= 11 is 0. The number of benzene rings is 1. The number of rotatable bonds is 3. The van der Waals surface area contributed by atoms with Crippen molar-refractivity contribution >= 4 is 23.3 Å². The number of primary amides is 1. The Morgan fingerprint density at radius 3 is 2.68 bits per heavy atom. The molecule has 0 unspecified atom stereocenters. The van der Waals surface area contributed by atoms with E-state index < -0.39 is 11.7 Å². The van der Waals surface area contributed by atoms with Gasteiger partial charge < -0.3 is 21.7 Å². The van der Waals surface area contributed by atoms with Crippen molar-refractivity contribution in [3.05, 3.63) is 41.3 Å². The first-order valence-corrected chi connectivity index (χ1v) is 9.07. The summed E-state index contributed by atoms with van der Waals surface area (Å²) in [5, 5.41) is 3.26. The van der Waals surface area contributed by atoms with E-state index in [4.69, 9.17) is 11.5 Å². The number of amides is 2. The van der Waals surface area contributed by atoms with Crippen molar-refractivity contribution in [3.8, 4) is 11.1 Å². The zero-order valence-corrected chi connectivity index (χ0v) is 15.8. The molecule has 2 amide bonds. The molecule has 1 aromatic carbocycles. The van der Waals surface area contributed by atoms with Crippen LogP contribution in [0.2, 0.25) is 0 Å². The van der Waals surface area contributed by atoms with Gasteiger partial charge in [-0.05, 0) is 31.0 Å². The fourth-order valence-corrected chi connectivity index (χ4v) is 4.21. The van der Waals surface area contributed by atoms with Crippen molar-refractivity contribution in [1.29, 1.82) is 0 Å². The van der Waals surface area contributed by atoms with Gasteiger partial charge in [-0.2, -0.15) is 0 Å². The maximum absolute atomic E-state index is 15.2. The molecule has 8 heteroatoms. The molecule has 0 saturated heterocycles. The quantitative estimate of drug-likeness (QED) is 0.699. The maximum atomic E-state index is 15.2. The number of aromatic nitrogens is 1. The largest absolute Gasteiger partial charge is 0.398 e. The molecule has 1 aliphatic carbocycles. The number of pyridine rings is 1. The average Bonchev–Trinajstić information content (AvgIpc) is 2.99. The Labute approximate surface area is 161 Å². The van der Waals surface area contributed by atoms with Crippen LogP contribution in [0.4, 0.5) is 15.9 Å². The van der Waals surface area contributed by atoms with E-state index in [1.165, 1.54) is 11.0 Å². The van der Waals surface area contributed by atoms with Crippen LogP contribution in [0, 0.1) is 11.7 Å². The number of hydrogen-bond acceptors (Lipinski definition) is 5. The predicted octanol–water partition coefficient (Wildman–Crippen LogP) is 1.73. The van der Waals surface area contributed by atoms with Crippen LogP contribution in [0.3, 0.4) is 0 Å². The average molecular weight is 383 g/mol. The molecule has 1 fully saturated rings. The molecule has 146 valence electrons. The summed E-state index contributed by atoms with van der Waals surface area (Å²) in [7, 11) is 3.10. The molecule has 4 rings (SSSR count). The number of carbonyl (C=O) groups excluding carboxylic acids is 2. The summed E-state index contributed by atoms with van der Waals surface area (Å²) < 4.78 is 15.2. The lowest BCUT2D eigenvalue weighted by molar-refractivity contribution is -0.126. The lowest BCUT2D eigenvalue weighted by atomic mass is 9.59. The highest BCUT2D eigenvalue weighted by atomic mass is 19.1. The van der Waals surface area contributed by atoms with Gasteiger partial charge in [-0.1, -0.05) is 0 Å². The van der Waals surface area contributed by atoms with Gasteiger partial charge in [0.15, 0.2) is 0 Å². The summed E-state index contributed by atoms with van der Waals surface area (Å²) in [6.07, 6.45) is 2.89. The zero-order valence-electron chi connectivity index (χ0n) is 15.8. The lowest BCUT2D eigenvalue weighted by Crippen LogP contribution is -2.48. The van der Waals surface area contributed by atoms with E-state index in [0.717, 1.165) is 11.4 Å². The molecule has 0 radical (unpaired) electrons. The van der Waals surface area contributed by atoms with Gasteiger partial charge in [0.25, 0.3) is 5.91 Å². The number of nitrogens with zero attached hydrogens (tertiary/aromatic N) is 2. The van der Waals surface area contributed by atoms with Gasteiger partial charge in [-0.25, -0.2) is 9.37 Å². The molecule has 2 aromatic rings. The summed E-state index contributed by atoms with van der Waals surface area (Å²) in [4.78, 5) is 29.5. The van der Waals surface area contributed by atoms with E-state index in [-0.39, 0.29) is 34.1 Å². The van der Waals surface area contributed by atoms with Crippen LogP contribution in [0.5, 0.6) is 0 Å². The van der Waals surface area contributed by atoms with Crippen molar-refractivity contribution in [3.63, 3.8) is 0 Å². The smallest absolute Gasteiger partial charge is 0.258 e. The van der Waals surface area contributed by atoms with E-state index in [2.05, 4.69) is 10.3 Å². The van der Waals surface area contributed by atoms with Crippen molar-refractivity contribution in [2.45, 2.75) is 18.3 Å². The minimum atomic E-state index is -0.663. The van der Waals surface area contributed by atoms with Crippen molar-refractivity contribution in [2.75, 3.05) is 31.7 Å². The number of nitrogen functional groups attached to an aromatic ring is 1. The predicted molar refractivity (Wildman–Crippen MR) is 104 cm³/mol. The molecular weight excluding hydrogens is 361 g/mol. The third-order valence-corrected chi connectivity index (χ3v) is 5.84. The van der Waals surface area contributed by atoms with E-state index in [0.29, 0.717) is 24.9 Å². The highest BCUT2D eigenvalue weighted by molar-refractivity contribution is 6.00. The van der Waals surface area contributed by atoms with Crippen LogP contribution < -0.4 is 16.8 Å². The molecule has 1 saturated carbocycles. The van der Waals surface area contributed by atoms with Crippen molar-refractivity contribution in [2.24, 2.45) is 11.7 Å². The molecule has 1 aromatic heterocycles. The second-order valence-corrected chi connectivity index (χ2v) is 7.85. The Morgan fingerprint density at radius 2 is 2.04 bits per heavy atom. The molecule has 5 N–H and O–H groups in total. The molecule has 2 heterocycles. The molecule has 28 heavy (non-hydrogen) atoms. The Bertz CT molecular complexity index is 998. The fraction of sp³-hybridized carbons (Fsp3) is 0.350. The monoisotopic (exact) mass is 383 g/mol. The minimum Gasteiger partial charge on any atom is -0.398 e. The summed E-state index contributed by atoms with van der Waals surface area (Å²) in [6.45, 7) is 0.678. The second-order valence-electron chi connectivity index (χ2n) is 7.85. The van der Waals surface area contributed by atoms with E-state index in [1.807, 2.05) is 6.07 Å². The SMILES string of the molecule is CN(C)C(=O)c1c(N)ccc(-c2cnc3c(c2)C2(CN3)CC(C(N)=O)C2)c1F. The van der Waals surface area contributed by atoms with Crippen LogP contribution >= 0.6 is 0 Å². The highest BCUT2D eigenvalue weighted by Crippen LogP contribution is 2.53. The van der Waals surface area contributed by atoms with Crippen LogP contribution in [0.15, 0.2) is 24.4 Å². The van der Waals surface area contributed by atoms with E-state index in [9.17, 15) is 9.59 Å². The van der Waals surface area contributed by atoms with Gasteiger partial charge in [0.05, 0.1) is 5.56 Å². The number of hydrogen-bond donors (Lipinski definition) is 3. The van der Waals surface area contributed by atoms with E-state index in [1.54, 1.807) is 26.4 Å². The summed E-state index contributed by atoms with van der Waals surface area (Å²) in [6, 6.07) is 4.98. The van der Waals surface area contributed by atoms with Crippen LogP contribution in [0.1, 0.15) is 28.8 Å². The first kappa shape index (κ1) is 18.2. The Kier molecular flexibility index (Phi) is 4.02. The molecule has 0 atom stereocenters. The van der Waals surface area contributed by atoms with Crippen molar-refractivity contribution < 1.29 is 14.0 Å². The normalized spacial score (nSPS) is 22.3. The zero-order chi connectivity index (χ0) is 20.2. The van der Waals surface area contributed by atoms with Crippen LogP contribution in [-0.4, -0.2) is 42.3 Å². The van der Waals surface area contributed by atoms with Crippen LogP contribution in [-0.2, 0) is 10.2 Å². The number of carbonyl (C=O) groups is 2. The summed E-state index contributed by atoms with van der Waals surface area (Å²) in [5.74, 6) is -0.850. The number of anilines is 2. The van der Waals surface area contributed by atoms with Gasteiger partial charge in [0.1, 0.15) is 11.6 Å². The number of fused-ring (bicyclic) bond motifs is 2. The minimum absolute atomic E-state index is 0.0931. The third kappa shape index (κ3) is 2.59. The topological polar surface area (TPSA) is 114 Å².